The van der Waals surface area contributed by atoms with E-state index in [-0.39, 0.29) is 5.84 Å². The lowest BCUT2D eigenvalue weighted by Gasteiger charge is -2.32. The number of rotatable bonds is 14. The second-order valence-electron chi connectivity index (χ2n) is 7.06. The summed E-state index contributed by atoms with van der Waals surface area (Å²) >= 11 is 0. The zero-order valence-electron chi connectivity index (χ0n) is 18.4. The van der Waals surface area contributed by atoms with Crippen LogP contribution in [0, 0.1) is 5.92 Å². The largest absolute Gasteiger partial charge is 0.756 e. The minimum Gasteiger partial charge on any atom is -0.756 e. The number of aliphatic hydroxyl groups is 1. The molecule has 0 heterocycles. The number of hydrogen-bond donors (Lipinski definition) is 3. The lowest BCUT2D eigenvalue weighted by atomic mass is 10.1. The average Bonchev–Trinajstić information content (AvgIpc) is 2.62. The molecule has 0 aliphatic carbocycles. The van der Waals surface area contributed by atoms with Gasteiger partial charge in [-0.05, 0) is 34.6 Å². The highest BCUT2D eigenvalue weighted by Gasteiger charge is 2.28. The van der Waals surface area contributed by atoms with Crippen LogP contribution in [0.2, 0.25) is 0 Å². The number of amidine groups is 1. The number of phosphoric acid groups is 2. The third kappa shape index (κ3) is 13.9. The standard InChI is InChI=1S/C16H31N3O11P2/c1-10(2)28-31(23,24)27-9-13(21)14(30-32(25,26)29-11(3)4)6-7-18-16(22)19-15(17)12(5)8-20/h7-8,10-14,21H,6,9H2,1-5H3,(H,23,24)(H,25,26)(H2,17,19,22)/p-1/b18-7-/t12?,13-,14?/m0/s1. The van der Waals surface area contributed by atoms with Crippen LogP contribution >= 0.6 is 15.6 Å². The molecule has 0 bridgehead atoms. The fraction of sp³-hybridized carbons (Fsp3) is 0.750. The van der Waals surface area contributed by atoms with Crippen molar-refractivity contribution >= 4 is 40.0 Å². The van der Waals surface area contributed by atoms with Crippen LogP contribution in [0.5, 0.6) is 0 Å². The van der Waals surface area contributed by atoms with Gasteiger partial charge in [-0.1, -0.05) is 0 Å². The summed E-state index contributed by atoms with van der Waals surface area (Å²) < 4.78 is 42.2. The van der Waals surface area contributed by atoms with Gasteiger partial charge in [-0.3, -0.25) is 9.13 Å². The summed E-state index contributed by atoms with van der Waals surface area (Å²) in [5.41, 5.74) is 5.45. The van der Waals surface area contributed by atoms with Crippen molar-refractivity contribution in [2.45, 2.75) is 65.5 Å². The van der Waals surface area contributed by atoms with Crippen molar-refractivity contribution in [1.29, 1.82) is 0 Å². The van der Waals surface area contributed by atoms with Crippen molar-refractivity contribution in [3.63, 3.8) is 0 Å². The molecule has 14 nitrogen and oxygen atoms in total. The summed E-state index contributed by atoms with van der Waals surface area (Å²) in [5, 5.41) is 10.2. The molecule has 0 aliphatic rings. The average molecular weight is 502 g/mol. The summed E-state index contributed by atoms with van der Waals surface area (Å²) in [4.78, 5) is 51.6. The van der Waals surface area contributed by atoms with Crippen molar-refractivity contribution in [1.82, 2.24) is 0 Å². The summed E-state index contributed by atoms with van der Waals surface area (Å²) in [6, 6.07) is -0.973. The molecular formula is C16H30N3O11P2-. The highest BCUT2D eigenvalue weighted by Crippen LogP contribution is 2.43. The van der Waals surface area contributed by atoms with Crippen molar-refractivity contribution < 1.29 is 56.7 Å². The molecule has 16 heteroatoms. The molecule has 0 aliphatic heterocycles. The van der Waals surface area contributed by atoms with Crippen LogP contribution in [0.25, 0.3) is 0 Å². The quantitative estimate of drug-likeness (QED) is 0.106. The summed E-state index contributed by atoms with van der Waals surface area (Å²) in [7, 11) is -9.68. The van der Waals surface area contributed by atoms with Crippen molar-refractivity contribution in [3.05, 3.63) is 0 Å². The van der Waals surface area contributed by atoms with E-state index in [1.54, 1.807) is 0 Å². The predicted octanol–water partition coefficient (Wildman–Crippen LogP) is -1.61. The third-order valence-corrected chi connectivity index (χ3v) is 5.61. The number of amides is 2. The van der Waals surface area contributed by atoms with Gasteiger partial charge in [0.2, 0.25) is 5.84 Å². The molecule has 0 radical (unpaired) electrons. The van der Waals surface area contributed by atoms with Gasteiger partial charge in [0.25, 0.3) is 15.6 Å². The van der Waals surface area contributed by atoms with Crippen molar-refractivity contribution in [2.75, 3.05) is 6.61 Å². The van der Waals surface area contributed by atoms with Gasteiger partial charge in [0.05, 0.1) is 30.9 Å². The third-order valence-electron chi connectivity index (χ3n) is 3.25. The van der Waals surface area contributed by atoms with Gasteiger partial charge in [0.15, 0.2) is 0 Å². The Bertz CT molecular complexity index is 772. The van der Waals surface area contributed by atoms with Crippen LogP contribution in [-0.2, 0) is 32.0 Å². The molecular weight excluding hydrogens is 472 g/mol. The first-order valence-corrected chi connectivity index (χ1v) is 12.4. The van der Waals surface area contributed by atoms with E-state index in [0.29, 0.717) is 6.29 Å². The molecule has 0 spiro atoms. The fourth-order valence-corrected chi connectivity index (χ4v) is 3.90. The summed E-state index contributed by atoms with van der Waals surface area (Å²) in [5.74, 6) is -1.05. The minimum absolute atomic E-state index is 0.252. The summed E-state index contributed by atoms with van der Waals surface area (Å²) in [6.07, 6.45) is -3.84. The molecule has 0 fully saturated rings. The fourth-order valence-electron chi connectivity index (χ4n) is 1.87. The molecule has 0 aromatic carbocycles. The van der Waals surface area contributed by atoms with Crippen molar-refractivity contribution in [2.24, 2.45) is 16.6 Å². The van der Waals surface area contributed by atoms with Crippen LogP contribution < -0.4 is 20.5 Å². The van der Waals surface area contributed by atoms with Gasteiger partial charge < -0.3 is 43.5 Å². The number of aldehydes is 1. The normalized spacial score (nSPS) is 19.5. The van der Waals surface area contributed by atoms with E-state index >= 15 is 0 Å². The SMILES string of the molecule is CC(C)OP(=O)([O-])OC[C@H](O)C(C/C=[NH+]\C(=O)/N=C(/N)C(C)C=O)OP(=O)([O-])OC(C)C. The second-order valence-corrected chi connectivity index (χ2v) is 9.74. The first-order chi connectivity index (χ1) is 14.6. The molecule has 0 rings (SSSR count). The highest BCUT2D eigenvalue weighted by molar-refractivity contribution is 7.46. The summed E-state index contributed by atoms with van der Waals surface area (Å²) in [6.45, 7) is 6.25. The highest BCUT2D eigenvalue weighted by atomic mass is 31.2. The first-order valence-electron chi connectivity index (χ1n) is 9.50. The first kappa shape index (κ1) is 30.7. The molecule has 0 saturated carbocycles. The van der Waals surface area contributed by atoms with Crippen LogP contribution in [0.15, 0.2) is 4.99 Å². The zero-order chi connectivity index (χ0) is 25.1. The number of aliphatic imine (C=N–C) groups is 1. The Kier molecular flexibility index (Phi) is 13.4. The maximum absolute atomic E-state index is 12.0. The Morgan fingerprint density at radius 2 is 1.62 bits per heavy atom. The number of urea groups is 1. The van der Waals surface area contributed by atoms with E-state index in [0.717, 1.165) is 6.21 Å². The zero-order valence-corrected chi connectivity index (χ0v) is 20.2. The molecule has 186 valence electrons. The Morgan fingerprint density at radius 1 is 1.09 bits per heavy atom. The van der Waals surface area contributed by atoms with Gasteiger partial charge in [-0.25, -0.2) is 4.99 Å². The van der Waals surface area contributed by atoms with E-state index in [9.17, 15) is 33.6 Å². The van der Waals surface area contributed by atoms with E-state index in [2.05, 4.69) is 23.6 Å². The Labute approximate surface area is 186 Å². The Morgan fingerprint density at radius 3 is 2.12 bits per heavy atom. The topological polar surface area (TPSA) is 224 Å². The number of carbonyl (C=O) groups excluding carboxylic acids is 2. The van der Waals surface area contributed by atoms with Gasteiger partial charge in [0.1, 0.15) is 18.5 Å². The van der Waals surface area contributed by atoms with Crippen molar-refractivity contribution in [3.8, 4) is 0 Å². The maximum Gasteiger partial charge on any atom is 0.538 e. The Balaban J connectivity index is 5.34. The van der Waals surface area contributed by atoms with E-state index in [1.807, 2.05) is 0 Å². The number of hydrogen-bond acceptors (Lipinski definition) is 11. The smallest absolute Gasteiger partial charge is 0.538 e. The van der Waals surface area contributed by atoms with Crippen LogP contribution in [0.3, 0.4) is 0 Å². The second kappa shape index (κ2) is 14.0. The number of nitrogens with zero attached hydrogens (tertiary/aromatic N) is 1. The number of phosphoric ester groups is 2. The minimum atomic E-state index is -4.91. The molecule has 0 aromatic rings. The molecule has 0 aromatic heterocycles. The number of nitrogens with one attached hydrogen (secondary N) is 1. The molecule has 2 amide bonds. The van der Waals surface area contributed by atoms with Gasteiger partial charge in [0, 0.05) is 11.4 Å². The number of nitrogens with two attached hydrogens (primary N) is 1. The lowest BCUT2D eigenvalue weighted by molar-refractivity contribution is -0.335. The van der Waals surface area contributed by atoms with E-state index in [4.69, 9.17) is 10.3 Å². The van der Waals surface area contributed by atoms with Crippen LogP contribution in [0.1, 0.15) is 41.0 Å². The molecule has 32 heavy (non-hydrogen) atoms. The molecule has 4 unspecified atom stereocenters. The lowest BCUT2D eigenvalue weighted by Crippen LogP contribution is -2.73. The number of carbonyl (C=O) groups is 2. The molecule has 5 atom stereocenters. The predicted molar refractivity (Wildman–Crippen MR) is 108 cm³/mol. The van der Waals surface area contributed by atoms with Crippen LogP contribution in [-0.4, -0.2) is 60.5 Å². The van der Waals surface area contributed by atoms with Gasteiger partial charge in [-0.2, -0.15) is 4.79 Å². The van der Waals surface area contributed by atoms with Gasteiger partial charge in [-0.15, -0.1) is 0 Å². The van der Waals surface area contributed by atoms with Crippen LogP contribution in [0.4, 0.5) is 4.79 Å². The monoisotopic (exact) mass is 502 g/mol. The van der Waals surface area contributed by atoms with E-state index < -0.39 is 65.0 Å². The Hall–Kier alpha value is -1.34. The van der Waals surface area contributed by atoms with E-state index in [1.165, 1.54) is 34.6 Å². The maximum atomic E-state index is 12.0. The van der Waals surface area contributed by atoms with Gasteiger partial charge >= 0.3 is 6.03 Å². The molecule has 4 N–H and O–H groups in total. The molecule has 0 saturated heterocycles. The number of aliphatic hydroxyl groups excluding tert-OH is 1.